The van der Waals surface area contributed by atoms with E-state index in [1.54, 1.807) is 13.0 Å². The van der Waals surface area contributed by atoms with Gasteiger partial charge in [-0.1, -0.05) is 6.92 Å². The Morgan fingerprint density at radius 3 is 2.75 bits per heavy atom. The SMILES string of the molecule is CCCNc1nc(C)cc(Oc2cc(F)ccc2F)n1. The van der Waals surface area contributed by atoms with Crippen LogP contribution < -0.4 is 10.1 Å². The van der Waals surface area contributed by atoms with E-state index < -0.39 is 11.6 Å². The molecular weight excluding hydrogens is 264 g/mol. The zero-order valence-electron chi connectivity index (χ0n) is 11.3. The van der Waals surface area contributed by atoms with Gasteiger partial charge in [0, 0.05) is 24.4 Å². The molecule has 1 aromatic carbocycles. The summed E-state index contributed by atoms with van der Waals surface area (Å²) in [5.41, 5.74) is 0.672. The van der Waals surface area contributed by atoms with E-state index in [-0.39, 0.29) is 11.6 Å². The van der Waals surface area contributed by atoms with E-state index in [1.807, 2.05) is 6.92 Å². The predicted molar refractivity (Wildman–Crippen MR) is 72.0 cm³/mol. The number of ether oxygens (including phenoxy) is 1. The summed E-state index contributed by atoms with van der Waals surface area (Å²) in [5.74, 6) is -0.856. The van der Waals surface area contributed by atoms with E-state index in [0.717, 1.165) is 31.2 Å². The Morgan fingerprint density at radius 2 is 2.00 bits per heavy atom. The largest absolute Gasteiger partial charge is 0.436 e. The van der Waals surface area contributed by atoms with Gasteiger partial charge in [0.2, 0.25) is 11.8 Å². The number of hydrogen-bond donors (Lipinski definition) is 1. The molecule has 0 spiro atoms. The van der Waals surface area contributed by atoms with Gasteiger partial charge in [-0.25, -0.2) is 13.8 Å². The van der Waals surface area contributed by atoms with Crippen LogP contribution in [0.15, 0.2) is 24.3 Å². The lowest BCUT2D eigenvalue weighted by Crippen LogP contribution is -2.06. The van der Waals surface area contributed by atoms with Gasteiger partial charge in [-0.15, -0.1) is 0 Å². The first kappa shape index (κ1) is 14.2. The number of nitrogens with one attached hydrogen (secondary N) is 1. The second kappa shape index (κ2) is 6.27. The van der Waals surface area contributed by atoms with Crippen molar-refractivity contribution in [3.05, 3.63) is 41.6 Å². The Kier molecular flexibility index (Phi) is 4.45. The molecule has 4 nitrogen and oxygen atoms in total. The highest BCUT2D eigenvalue weighted by molar-refractivity contribution is 5.34. The number of halogens is 2. The molecule has 6 heteroatoms. The third-order valence-electron chi connectivity index (χ3n) is 2.47. The van der Waals surface area contributed by atoms with Crippen molar-refractivity contribution >= 4 is 5.95 Å². The third kappa shape index (κ3) is 3.63. The number of aromatic nitrogens is 2. The minimum absolute atomic E-state index is 0.167. The molecule has 20 heavy (non-hydrogen) atoms. The highest BCUT2D eigenvalue weighted by Crippen LogP contribution is 2.24. The van der Waals surface area contributed by atoms with Crippen LogP contribution in [0.4, 0.5) is 14.7 Å². The summed E-state index contributed by atoms with van der Waals surface area (Å²) in [5, 5.41) is 3.02. The van der Waals surface area contributed by atoms with Gasteiger partial charge in [-0.05, 0) is 25.5 Å². The van der Waals surface area contributed by atoms with Gasteiger partial charge in [-0.2, -0.15) is 4.98 Å². The average Bonchev–Trinajstić information content (AvgIpc) is 2.40. The first-order chi connectivity index (χ1) is 9.58. The normalized spacial score (nSPS) is 10.4. The van der Waals surface area contributed by atoms with Crippen LogP contribution in [0, 0.1) is 18.6 Å². The minimum atomic E-state index is -0.647. The summed E-state index contributed by atoms with van der Waals surface area (Å²) in [6.45, 7) is 4.51. The van der Waals surface area contributed by atoms with Gasteiger partial charge in [0.1, 0.15) is 5.82 Å². The summed E-state index contributed by atoms with van der Waals surface area (Å²) >= 11 is 0. The Hall–Kier alpha value is -2.24. The van der Waals surface area contributed by atoms with Crippen LogP contribution in [0.5, 0.6) is 11.6 Å². The van der Waals surface area contributed by atoms with Crippen molar-refractivity contribution in [2.24, 2.45) is 0 Å². The maximum absolute atomic E-state index is 13.5. The van der Waals surface area contributed by atoms with E-state index in [1.165, 1.54) is 0 Å². The third-order valence-corrected chi connectivity index (χ3v) is 2.47. The summed E-state index contributed by atoms with van der Waals surface area (Å²) in [7, 11) is 0. The molecule has 0 bridgehead atoms. The Bertz CT molecular complexity index is 605. The molecule has 0 aliphatic rings. The Morgan fingerprint density at radius 1 is 1.20 bits per heavy atom. The fourth-order valence-corrected chi connectivity index (χ4v) is 1.58. The Labute approximate surface area is 115 Å². The first-order valence-corrected chi connectivity index (χ1v) is 6.31. The molecule has 0 saturated heterocycles. The van der Waals surface area contributed by atoms with E-state index in [4.69, 9.17) is 4.74 Å². The van der Waals surface area contributed by atoms with Crippen LogP contribution in [0.2, 0.25) is 0 Å². The second-order valence-corrected chi connectivity index (χ2v) is 4.27. The van der Waals surface area contributed by atoms with Crippen molar-refractivity contribution < 1.29 is 13.5 Å². The summed E-state index contributed by atoms with van der Waals surface area (Å²) in [6.07, 6.45) is 0.923. The molecule has 0 fully saturated rings. The van der Waals surface area contributed by atoms with Gasteiger partial charge in [0.05, 0.1) is 0 Å². The molecule has 0 saturated carbocycles. The molecule has 2 aromatic rings. The van der Waals surface area contributed by atoms with Crippen molar-refractivity contribution in [2.45, 2.75) is 20.3 Å². The van der Waals surface area contributed by atoms with Crippen LogP contribution in [0.3, 0.4) is 0 Å². The molecule has 0 amide bonds. The predicted octanol–water partition coefficient (Wildman–Crippen LogP) is 3.68. The highest BCUT2D eigenvalue weighted by atomic mass is 19.1. The molecule has 0 atom stereocenters. The van der Waals surface area contributed by atoms with E-state index in [2.05, 4.69) is 15.3 Å². The molecule has 106 valence electrons. The van der Waals surface area contributed by atoms with Crippen LogP contribution in [-0.4, -0.2) is 16.5 Å². The molecule has 0 radical (unpaired) electrons. The van der Waals surface area contributed by atoms with Gasteiger partial charge in [0.25, 0.3) is 0 Å². The fraction of sp³-hybridized carbons (Fsp3) is 0.286. The summed E-state index contributed by atoms with van der Waals surface area (Å²) in [6, 6.07) is 4.57. The standard InChI is InChI=1S/C14H15F2N3O/c1-3-6-17-14-18-9(2)7-13(19-14)20-12-8-10(15)4-5-11(12)16/h4-5,7-8H,3,6H2,1-2H3,(H,17,18,19). The lowest BCUT2D eigenvalue weighted by molar-refractivity contribution is 0.421. The topological polar surface area (TPSA) is 47.0 Å². The maximum atomic E-state index is 13.5. The molecule has 0 aliphatic carbocycles. The molecule has 1 heterocycles. The van der Waals surface area contributed by atoms with Crippen molar-refractivity contribution in [3.63, 3.8) is 0 Å². The van der Waals surface area contributed by atoms with Gasteiger partial charge in [0.15, 0.2) is 11.6 Å². The average molecular weight is 279 g/mol. The lowest BCUT2D eigenvalue weighted by Gasteiger charge is -2.09. The number of benzene rings is 1. The molecule has 0 aliphatic heterocycles. The van der Waals surface area contributed by atoms with Gasteiger partial charge < -0.3 is 10.1 Å². The number of aryl methyl sites for hydroxylation is 1. The number of hydrogen-bond acceptors (Lipinski definition) is 4. The Balaban J connectivity index is 2.24. The van der Waals surface area contributed by atoms with E-state index in [9.17, 15) is 8.78 Å². The molecule has 1 N–H and O–H groups in total. The molecule has 1 aromatic heterocycles. The quantitative estimate of drug-likeness (QED) is 0.907. The smallest absolute Gasteiger partial charge is 0.226 e. The van der Waals surface area contributed by atoms with Crippen molar-refractivity contribution in [2.75, 3.05) is 11.9 Å². The van der Waals surface area contributed by atoms with Gasteiger partial charge >= 0.3 is 0 Å². The monoisotopic (exact) mass is 279 g/mol. The highest BCUT2D eigenvalue weighted by Gasteiger charge is 2.09. The van der Waals surface area contributed by atoms with Crippen LogP contribution >= 0.6 is 0 Å². The second-order valence-electron chi connectivity index (χ2n) is 4.27. The van der Waals surface area contributed by atoms with Crippen molar-refractivity contribution in [1.29, 1.82) is 0 Å². The van der Waals surface area contributed by atoms with E-state index >= 15 is 0 Å². The van der Waals surface area contributed by atoms with Crippen LogP contribution in [0.1, 0.15) is 19.0 Å². The number of rotatable bonds is 5. The fourth-order valence-electron chi connectivity index (χ4n) is 1.58. The number of anilines is 1. The van der Waals surface area contributed by atoms with Crippen molar-refractivity contribution in [1.82, 2.24) is 9.97 Å². The summed E-state index contributed by atoms with van der Waals surface area (Å²) < 4.78 is 31.9. The molecule has 2 rings (SSSR count). The zero-order valence-corrected chi connectivity index (χ0v) is 11.3. The van der Waals surface area contributed by atoms with E-state index in [0.29, 0.717) is 11.6 Å². The number of nitrogens with zero attached hydrogens (tertiary/aromatic N) is 2. The van der Waals surface area contributed by atoms with Crippen molar-refractivity contribution in [3.8, 4) is 11.6 Å². The molecular formula is C14H15F2N3O. The van der Waals surface area contributed by atoms with Crippen LogP contribution in [-0.2, 0) is 0 Å². The maximum Gasteiger partial charge on any atom is 0.226 e. The van der Waals surface area contributed by atoms with Crippen LogP contribution in [0.25, 0.3) is 0 Å². The van der Waals surface area contributed by atoms with Gasteiger partial charge in [-0.3, -0.25) is 0 Å². The lowest BCUT2D eigenvalue weighted by atomic mass is 10.3. The molecule has 0 unspecified atom stereocenters. The summed E-state index contributed by atoms with van der Waals surface area (Å²) in [4.78, 5) is 8.29. The first-order valence-electron chi connectivity index (χ1n) is 6.31. The zero-order chi connectivity index (χ0) is 14.5. The minimum Gasteiger partial charge on any atom is -0.436 e.